The highest BCUT2D eigenvalue weighted by atomic mass is 16.5. The van der Waals surface area contributed by atoms with E-state index in [1.807, 2.05) is 36.4 Å². The molecule has 0 unspecified atom stereocenters. The lowest BCUT2D eigenvalue weighted by Crippen LogP contribution is -2.39. The van der Waals surface area contributed by atoms with E-state index in [1.54, 1.807) is 79.5 Å². The van der Waals surface area contributed by atoms with Crippen molar-refractivity contribution in [2.75, 3.05) is 108 Å². The summed E-state index contributed by atoms with van der Waals surface area (Å²) in [6.07, 6.45) is 15.1. The second-order valence-corrected chi connectivity index (χ2v) is 26.3. The molecule has 11 rings (SSSR count). The zero-order chi connectivity index (χ0) is 79.7. The van der Waals surface area contributed by atoms with E-state index in [0.717, 1.165) is 40.5 Å². The van der Waals surface area contributed by atoms with Gasteiger partial charge in [0.1, 0.15) is 28.5 Å². The monoisotopic (exact) mass is 1530 g/mol. The zero-order valence-corrected chi connectivity index (χ0v) is 62.9. The molecule has 0 aliphatic carbocycles. The first-order chi connectivity index (χ1) is 53.8. The number of carbonyl (C=O) groups is 10. The number of ether oxygens (including phenoxy) is 3. The van der Waals surface area contributed by atoms with Crippen LogP contribution in [0.1, 0.15) is 110 Å². The molecule has 9 aromatic heterocycles. The number of fused-ring (bicyclic) bond motifs is 2. The second kappa shape index (κ2) is 36.6. The van der Waals surface area contributed by atoms with Crippen LogP contribution in [0.5, 0.6) is 0 Å². The van der Waals surface area contributed by atoms with Gasteiger partial charge < -0.3 is 115 Å². The van der Waals surface area contributed by atoms with E-state index >= 15 is 0 Å². The van der Waals surface area contributed by atoms with Gasteiger partial charge in [-0.25, -0.2) is 19.9 Å². The van der Waals surface area contributed by atoms with E-state index in [1.165, 1.54) is 99.5 Å². The van der Waals surface area contributed by atoms with Gasteiger partial charge in [-0.05, 0) is 61.7 Å². The average molecular weight is 1530 g/mol. The third-order valence-corrected chi connectivity index (χ3v) is 17.8. The van der Waals surface area contributed by atoms with Gasteiger partial charge in [-0.3, -0.25) is 47.9 Å². The zero-order valence-electron chi connectivity index (χ0n) is 62.9. The molecule has 0 radical (unpaired) electrons. The predicted octanol–water partition coefficient (Wildman–Crippen LogP) is 5.06. The number of aromatic nitrogens is 12. The molecule has 10 amide bonds. The SMILES string of the molecule is Cn1cc(NC(=O)c2cc(NC(=O)c3cc(NC(=O)c4cc(NC(=O)[C@H](N)CCNC(=O)c5cc(NC(=O)c6nc(NC(=O)c7nc(NC(=O)c8nccn8C)cn7C)cn6C)cn5C)cn4C)cn3C)cn2C)cc1C(=O)NCCC(=O)NCCCOCCOCCOCCCNc1c2ccccc2nc2ccccc12. The molecule has 37 nitrogen and oxygen atoms in total. The Labute approximate surface area is 641 Å². The largest absolute Gasteiger partial charge is 0.384 e. The van der Waals surface area contributed by atoms with Crippen LogP contribution in [-0.2, 0) is 80.2 Å². The maximum atomic E-state index is 13.6. The second-order valence-electron chi connectivity index (χ2n) is 26.3. The Hall–Kier alpha value is -13.5. The van der Waals surface area contributed by atoms with Gasteiger partial charge in [0.15, 0.2) is 17.5 Å². The third-order valence-electron chi connectivity index (χ3n) is 17.8. The fourth-order valence-electron chi connectivity index (χ4n) is 12.1. The number of benzene rings is 2. The first kappa shape index (κ1) is 79.5. The third kappa shape index (κ3) is 20.2. The van der Waals surface area contributed by atoms with Crippen LogP contribution < -0.4 is 64.2 Å². The molecule has 0 fully saturated rings. The molecule has 112 heavy (non-hydrogen) atoms. The molecule has 0 aliphatic heterocycles. The van der Waals surface area contributed by atoms with Gasteiger partial charge in [-0.2, -0.15) is 0 Å². The van der Waals surface area contributed by atoms with Crippen molar-refractivity contribution >= 4 is 127 Å². The number of rotatable bonds is 37. The maximum absolute atomic E-state index is 13.6. The molecule has 9 heterocycles. The van der Waals surface area contributed by atoms with Crippen molar-refractivity contribution in [1.29, 1.82) is 0 Å². The number of imidazole rings is 3. The van der Waals surface area contributed by atoms with Crippen LogP contribution in [0.4, 0.5) is 45.8 Å². The van der Waals surface area contributed by atoms with Crippen molar-refractivity contribution in [2.24, 2.45) is 62.1 Å². The van der Waals surface area contributed by atoms with Crippen molar-refractivity contribution in [3.63, 3.8) is 0 Å². The molecule has 37 heteroatoms. The minimum atomic E-state index is -1.09. The Morgan fingerprint density at radius 2 is 0.786 bits per heavy atom. The normalized spacial score (nSPS) is 11.5. The highest BCUT2D eigenvalue weighted by Gasteiger charge is 2.26. The van der Waals surface area contributed by atoms with Crippen LogP contribution in [0.3, 0.4) is 0 Å². The molecular weight excluding hydrogens is 1440 g/mol. The molecule has 0 spiro atoms. The van der Waals surface area contributed by atoms with Crippen molar-refractivity contribution in [3.05, 3.63) is 181 Å². The van der Waals surface area contributed by atoms with Crippen LogP contribution in [0, 0.1) is 0 Å². The Morgan fingerprint density at radius 1 is 0.393 bits per heavy atom. The summed E-state index contributed by atoms with van der Waals surface area (Å²) in [4.78, 5) is 150. The van der Waals surface area contributed by atoms with Crippen LogP contribution in [0.15, 0.2) is 135 Å². The molecule has 0 saturated carbocycles. The number of nitrogens with one attached hydrogen (secondary N) is 11. The van der Waals surface area contributed by atoms with E-state index < -0.39 is 59.2 Å². The fourth-order valence-corrected chi connectivity index (χ4v) is 12.1. The van der Waals surface area contributed by atoms with Crippen molar-refractivity contribution in [1.82, 2.24) is 72.4 Å². The molecule has 0 saturated heterocycles. The summed E-state index contributed by atoms with van der Waals surface area (Å²) in [5.74, 6) is -5.13. The number of nitrogens with two attached hydrogens (primary N) is 1. The van der Waals surface area contributed by atoms with Crippen molar-refractivity contribution < 1.29 is 62.2 Å². The number of nitrogens with zero attached hydrogens (tertiary/aromatic N) is 12. The van der Waals surface area contributed by atoms with Crippen LogP contribution in [0.25, 0.3) is 21.8 Å². The number of hydrogen-bond donors (Lipinski definition) is 12. The van der Waals surface area contributed by atoms with E-state index in [4.69, 9.17) is 24.9 Å². The highest BCUT2D eigenvalue weighted by molar-refractivity contribution is 6.11. The van der Waals surface area contributed by atoms with Gasteiger partial charge in [-0.1, -0.05) is 36.4 Å². The number of hydrogen-bond acceptors (Lipinski definition) is 19. The molecule has 0 bridgehead atoms. The van der Waals surface area contributed by atoms with E-state index in [0.29, 0.717) is 64.0 Å². The first-order valence-electron chi connectivity index (χ1n) is 35.7. The summed E-state index contributed by atoms with van der Waals surface area (Å²) in [7, 11) is 12.9. The van der Waals surface area contributed by atoms with E-state index in [2.05, 4.69) is 85.6 Å². The number of amides is 10. The Morgan fingerprint density at radius 3 is 1.24 bits per heavy atom. The summed E-state index contributed by atoms with van der Waals surface area (Å²) in [5.41, 5.74) is 11.5. The maximum Gasteiger partial charge on any atom is 0.292 e. The topological polar surface area (TPSA) is 448 Å². The first-order valence-corrected chi connectivity index (χ1v) is 35.7. The van der Waals surface area contributed by atoms with Gasteiger partial charge >= 0.3 is 0 Å². The summed E-state index contributed by atoms with van der Waals surface area (Å²) in [6.45, 7) is 3.99. The molecular formula is C75H88N24O13. The number of anilines is 8. The van der Waals surface area contributed by atoms with E-state index in [9.17, 15) is 47.9 Å². The number of aryl methyl sites for hydroxylation is 8. The minimum Gasteiger partial charge on any atom is -0.384 e. The Balaban J connectivity index is 0.538. The lowest BCUT2D eigenvalue weighted by Gasteiger charge is -2.13. The molecule has 586 valence electrons. The van der Waals surface area contributed by atoms with Gasteiger partial charge in [-0.15, -0.1) is 0 Å². The molecule has 2 aromatic carbocycles. The quantitative estimate of drug-likeness (QED) is 0.0179. The van der Waals surface area contributed by atoms with Gasteiger partial charge in [0.2, 0.25) is 23.5 Å². The van der Waals surface area contributed by atoms with Crippen LogP contribution in [-0.4, -0.2) is 187 Å². The lowest BCUT2D eigenvalue weighted by molar-refractivity contribution is -0.121. The summed E-state index contributed by atoms with van der Waals surface area (Å²) >= 11 is 0. The van der Waals surface area contributed by atoms with Gasteiger partial charge in [0, 0.05) is 169 Å². The van der Waals surface area contributed by atoms with Gasteiger partial charge in [0.25, 0.3) is 47.3 Å². The summed E-state index contributed by atoms with van der Waals surface area (Å²) < 4.78 is 28.9. The number of pyridine rings is 1. The number of para-hydroxylation sites is 2. The van der Waals surface area contributed by atoms with Crippen LogP contribution in [0.2, 0.25) is 0 Å². The molecule has 0 aliphatic rings. The fraction of sp³-hybridized carbons (Fsp3) is 0.307. The number of carbonyl (C=O) groups excluding carboxylic acids is 10. The van der Waals surface area contributed by atoms with Crippen LogP contribution >= 0.6 is 0 Å². The van der Waals surface area contributed by atoms with Gasteiger partial charge in [0.05, 0.1) is 77.6 Å². The average Bonchev–Trinajstić information content (AvgIpc) is 1.43. The van der Waals surface area contributed by atoms with Crippen molar-refractivity contribution in [2.45, 2.75) is 31.7 Å². The van der Waals surface area contributed by atoms with E-state index in [-0.39, 0.29) is 106 Å². The molecule has 11 aromatic rings. The molecule has 13 N–H and O–H groups in total. The smallest absolute Gasteiger partial charge is 0.292 e. The molecule has 1 atom stereocenters. The lowest BCUT2D eigenvalue weighted by atomic mass is 10.1. The van der Waals surface area contributed by atoms with Crippen molar-refractivity contribution in [3.8, 4) is 0 Å². The Bertz CT molecular complexity index is 5260. The highest BCUT2D eigenvalue weighted by Crippen LogP contribution is 2.31. The minimum absolute atomic E-state index is 0.0131. The summed E-state index contributed by atoms with van der Waals surface area (Å²) in [6, 6.07) is 22.5. The Kier molecular flexibility index (Phi) is 26.0. The standard InChI is InChI=1S/C75H88N24O13/c1-92-26-25-79-64(92)73(107)90-60-43-99(8)66(89-60)75(109)91-61-44-98(7)65(88-61)74(108)86-49-34-56(94(3)42-49)68(102)80-23-19-52(76)67(101)82-45-35-57(95(4)38-45)70(104)84-47-37-59(97(6)40-47)72(106)85-48-36-58(96(5)41-48)71(105)83-46-33-55(93(2)39-46)69(103)81-24-20-62(100)77-21-13-27-110-29-31-112-32-30-111-28-14-22-78-63-50-15-9-11-17-53(50)87-54-18-12-10-16-51(54)63/h9-12,15-18,25-26,33-44,52H,13-14,19-24,27-32,76H2,1-8H3,(H,77,100)(H,78,87)(H,80,102)(H,81,103)(H,82,101)(H,83,105)(H,84,104)(H,85,106)(H,86,108)(H,90,107)(H,91,109)/t52-/m1/s1. The predicted molar refractivity (Wildman–Crippen MR) is 417 cm³/mol. The summed E-state index contributed by atoms with van der Waals surface area (Å²) in [5, 5.41) is 33.0.